The largest absolute Gasteiger partial charge is 0.461 e. The summed E-state index contributed by atoms with van der Waals surface area (Å²) in [4.78, 5) is 15.6. The van der Waals surface area contributed by atoms with Crippen LogP contribution in [0.5, 0.6) is 0 Å². The first-order valence-corrected chi connectivity index (χ1v) is 6.16. The fourth-order valence-corrected chi connectivity index (χ4v) is 2.00. The highest BCUT2D eigenvalue weighted by atomic mass is 35.5. The fraction of sp³-hybridized carbons (Fsp3) is 0.167. The van der Waals surface area contributed by atoms with E-state index in [-0.39, 0.29) is 24.1 Å². The molecular weight excluding hydrogens is 291 g/mol. The zero-order valence-corrected chi connectivity index (χ0v) is 11.5. The van der Waals surface area contributed by atoms with Crippen molar-refractivity contribution in [2.24, 2.45) is 0 Å². The minimum absolute atomic E-state index is 0.0621. The Morgan fingerprint density at radius 3 is 2.58 bits per heavy atom. The Balaban J connectivity index is 2.41. The first-order valence-electron chi connectivity index (χ1n) is 5.41. The van der Waals surface area contributed by atoms with Crippen molar-refractivity contribution in [1.29, 1.82) is 0 Å². The van der Waals surface area contributed by atoms with E-state index in [2.05, 4.69) is 4.98 Å². The summed E-state index contributed by atoms with van der Waals surface area (Å²) >= 11 is 11.8. The molecule has 0 aliphatic rings. The Morgan fingerprint density at radius 1 is 1.37 bits per heavy atom. The third-order valence-electron chi connectivity index (χ3n) is 2.23. The van der Waals surface area contributed by atoms with Crippen molar-refractivity contribution in [1.82, 2.24) is 4.98 Å². The third kappa shape index (κ3) is 3.00. The van der Waals surface area contributed by atoms with Gasteiger partial charge in [-0.2, -0.15) is 4.98 Å². The van der Waals surface area contributed by atoms with Gasteiger partial charge in [-0.3, -0.25) is 0 Å². The lowest BCUT2D eigenvalue weighted by molar-refractivity contribution is 0.0521. The van der Waals surface area contributed by atoms with Crippen LogP contribution in [-0.4, -0.2) is 17.6 Å². The molecular formula is C12H10Cl2N2O3. The maximum Gasteiger partial charge on any atom is 0.362 e. The van der Waals surface area contributed by atoms with Gasteiger partial charge in [0.15, 0.2) is 0 Å². The van der Waals surface area contributed by atoms with Gasteiger partial charge in [0.2, 0.25) is 17.5 Å². The van der Waals surface area contributed by atoms with Crippen LogP contribution in [0, 0.1) is 0 Å². The first-order chi connectivity index (χ1) is 9.01. The summed E-state index contributed by atoms with van der Waals surface area (Å²) in [6.45, 7) is 1.91. The highest BCUT2D eigenvalue weighted by molar-refractivity contribution is 6.35. The predicted molar refractivity (Wildman–Crippen MR) is 72.3 cm³/mol. The number of esters is 1. The van der Waals surface area contributed by atoms with E-state index in [1.807, 2.05) is 0 Å². The topological polar surface area (TPSA) is 78.3 Å². The molecule has 0 unspecified atom stereocenters. The number of rotatable bonds is 3. The summed E-state index contributed by atoms with van der Waals surface area (Å²) in [6, 6.07) is 4.78. The number of halogens is 2. The molecule has 2 rings (SSSR count). The Hall–Kier alpha value is -1.72. The van der Waals surface area contributed by atoms with Gasteiger partial charge >= 0.3 is 5.97 Å². The van der Waals surface area contributed by atoms with E-state index in [4.69, 9.17) is 38.1 Å². The number of nitrogens with zero attached hydrogens (tertiary/aromatic N) is 1. The number of anilines is 1. The highest BCUT2D eigenvalue weighted by Gasteiger charge is 2.20. The van der Waals surface area contributed by atoms with Gasteiger partial charge < -0.3 is 14.9 Å². The van der Waals surface area contributed by atoms with Crippen molar-refractivity contribution in [3.05, 3.63) is 33.9 Å². The maximum atomic E-state index is 11.6. The lowest BCUT2D eigenvalue weighted by Gasteiger charge is -1.98. The number of ether oxygens (including phenoxy) is 1. The molecule has 5 nitrogen and oxygen atoms in total. The zero-order chi connectivity index (χ0) is 14.0. The Kier molecular flexibility index (Phi) is 3.97. The molecule has 7 heteroatoms. The number of benzene rings is 1. The van der Waals surface area contributed by atoms with Crippen molar-refractivity contribution in [2.75, 3.05) is 12.3 Å². The van der Waals surface area contributed by atoms with Gasteiger partial charge in [-0.05, 0) is 25.1 Å². The fourth-order valence-electron chi connectivity index (χ4n) is 1.48. The van der Waals surface area contributed by atoms with Crippen LogP contribution in [0.4, 0.5) is 5.88 Å². The van der Waals surface area contributed by atoms with E-state index in [0.717, 1.165) is 0 Å². The van der Waals surface area contributed by atoms with Gasteiger partial charge in [-0.25, -0.2) is 4.79 Å². The lowest BCUT2D eigenvalue weighted by Crippen LogP contribution is -2.07. The van der Waals surface area contributed by atoms with E-state index in [9.17, 15) is 4.79 Å². The van der Waals surface area contributed by atoms with E-state index in [1.165, 1.54) is 0 Å². The molecule has 0 amide bonds. The van der Waals surface area contributed by atoms with Crippen molar-refractivity contribution in [2.45, 2.75) is 6.92 Å². The molecule has 100 valence electrons. The second-order valence-electron chi connectivity index (χ2n) is 3.61. The summed E-state index contributed by atoms with van der Waals surface area (Å²) in [5.74, 6) is -0.586. The quantitative estimate of drug-likeness (QED) is 0.879. The average Bonchev–Trinajstić information content (AvgIpc) is 2.70. The number of carbonyl (C=O) groups is 1. The van der Waals surface area contributed by atoms with E-state index >= 15 is 0 Å². The average molecular weight is 301 g/mol. The van der Waals surface area contributed by atoms with Gasteiger partial charge in [0.1, 0.15) is 0 Å². The molecule has 2 N–H and O–H groups in total. The number of nitrogens with two attached hydrogens (primary N) is 1. The molecule has 0 aliphatic heterocycles. The molecule has 0 saturated carbocycles. The molecule has 19 heavy (non-hydrogen) atoms. The van der Waals surface area contributed by atoms with Gasteiger partial charge in [0, 0.05) is 15.6 Å². The summed E-state index contributed by atoms with van der Waals surface area (Å²) in [6.07, 6.45) is 0. The van der Waals surface area contributed by atoms with Crippen molar-refractivity contribution in [3.63, 3.8) is 0 Å². The number of hydrogen-bond acceptors (Lipinski definition) is 5. The molecule has 0 fully saturated rings. The zero-order valence-electron chi connectivity index (χ0n) is 9.94. The molecule has 0 aliphatic carbocycles. The van der Waals surface area contributed by atoms with E-state index in [0.29, 0.717) is 15.6 Å². The summed E-state index contributed by atoms with van der Waals surface area (Å²) in [5.41, 5.74) is 6.06. The molecule has 0 spiro atoms. The van der Waals surface area contributed by atoms with Gasteiger partial charge in [0.25, 0.3) is 0 Å². The van der Waals surface area contributed by atoms with Gasteiger partial charge in [0.05, 0.1) is 6.61 Å². The molecule has 1 aromatic carbocycles. The Bertz CT molecular complexity index is 605. The van der Waals surface area contributed by atoms with Gasteiger partial charge in [-0.15, -0.1) is 0 Å². The number of oxazole rings is 1. The van der Waals surface area contributed by atoms with Crippen LogP contribution < -0.4 is 5.73 Å². The second kappa shape index (κ2) is 5.50. The smallest absolute Gasteiger partial charge is 0.362 e. The number of hydrogen-bond donors (Lipinski definition) is 1. The molecule has 0 radical (unpaired) electrons. The summed E-state index contributed by atoms with van der Waals surface area (Å²) in [7, 11) is 0. The van der Waals surface area contributed by atoms with Crippen LogP contribution in [0.2, 0.25) is 10.0 Å². The summed E-state index contributed by atoms with van der Waals surface area (Å²) in [5, 5.41) is 0.855. The van der Waals surface area contributed by atoms with Crippen molar-refractivity contribution >= 4 is 35.1 Å². The van der Waals surface area contributed by atoms with Gasteiger partial charge in [-0.1, -0.05) is 23.2 Å². The molecule has 1 heterocycles. The minimum atomic E-state index is -0.636. The van der Waals surface area contributed by atoms with Crippen LogP contribution in [0.1, 0.15) is 17.4 Å². The third-order valence-corrected chi connectivity index (χ3v) is 2.67. The molecule has 0 atom stereocenters. The summed E-state index contributed by atoms with van der Waals surface area (Å²) < 4.78 is 10.0. The maximum absolute atomic E-state index is 11.6. The number of nitrogen functional groups attached to an aromatic ring is 1. The highest BCUT2D eigenvalue weighted by Crippen LogP contribution is 2.29. The van der Waals surface area contributed by atoms with Crippen LogP contribution in [0.25, 0.3) is 11.5 Å². The first kappa shape index (κ1) is 13.7. The Morgan fingerprint density at radius 2 is 2.00 bits per heavy atom. The standard InChI is InChI=1S/C12H10Cl2N2O3/c1-2-18-12(17)9-10(15)19-11(16-9)6-3-7(13)5-8(14)4-6/h3-5H,2,15H2,1H3. The van der Waals surface area contributed by atoms with Crippen molar-refractivity contribution < 1.29 is 13.9 Å². The lowest BCUT2D eigenvalue weighted by atomic mass is 10.2. The second-order valence-corrected chi connectivity index (χ2v) is 4.48. The van der Waals surface area contributed by atoms with Crippen molar-refractivity contribution in [3.8, 4) is 11.5 Å². The molecule has 2 aromatic rings. The monoisotopic (exact) mass is 300 g/mol. The van der Waals surface area contributed by atoms with Crippen LogP contribution in [0.15, 0.2) is 22.6 Å². The number of aromatic nitrogens is 1. The molecule has 1 aromatic heterocycles. The van der Waals surface area contributed by atoms with E-state index in [1.54, 1.807) is 25.1 Å². The van der Waals surface area contributed by atoms with Crippen LogP contribution in [0.3, 0.4) is 0 Å². The molecule has 0 bridgehead atoms. The van der Waals surface area contributed by atoms with Crippen LogP contribution in [-0.2, 0) is 4.74 Å². The van der Waals surface area contributed by atoms with Crippen LogP contribution >= 0.6 is 23.2 Å². The number of carbonyl (C=O) groups excluding carboxylic acids is 1. The van der Waals surface area contributed by atoms with E-state index < -0.39 is 5.97 Å². The Labute approximate surface area is 119 Å². The predicted octanol–water partition coefficient (Wildman–Crippen LogP) is 3.41. The normalized spacial score (nSPS) is 10.5. The molecule has 0 saturated heterocycles. The minimum Gasteiger partial charge on any atom is -0.461 e. The SMILES string of the molecule is CCOC(=O)c1nc(-c2cc(Cl)cc(Cl)c2)oc1N.